The van der Waals surface area contributed by atoms with Gasteiger partial charge in [-0.25, -0.2) is 0 Å². The second-order valence-corrected chi connectivity index (χ2v) is 4.83. The molecule has 22 heavy (non-hydrogen) atoms. The van der Waals surface area contributed by atoms with Crippen LogP contribution in [0.4, 0.5) is 13.2 Å². The number of rotatable bonds is 2. The first kappa shape index (κ1) is 14.7. The molecule has 0 spiro atoms. The molecule has 0 amide bonds. The molecule has 1 aliphatic rings. The zero-order valence-corrected chi connectivity index (χ0v) is 11.6. The van der Waals surface area contributed by atoms with E-state index in [4.69, 9.17) is 4.74 Å². The summed E-state index contributed by atoms with van der Waals surface area (Å²) in [6.45, 7) is 2.96. The van der Waals surface area contributed by atoms with E-state index in [0.717, 1.165) is 23.3 Å². The number of aromatic nitrogens is 3. The first-order valence-corrected chi connectivity index (χ1v) is 6.60. The highest BCUT2D eigenvalue weighted by Crippen LogP contribution is 2.31. The molecule has 3 heterocycles. The molecule has 5 nitrogen and oxygen atoms in total. The van der Waals surface area contributed by atoms with Crippen LogP contribution in [0.1, 0.15) is 23.6 Å². The van der Waals surface area contributed by atoms with E-state index in [0.29, 0.717) is 18.8 Å². The summed E-state index contributed by atoms with van der Waals surface area (Å²) in [7, 11) is 0. The second-order valence-electron chi connectivity index (χ2n) is 4.83. The van der Waals surface area contributed by atoms with Crippen molar-refractivity contribution in [2.45, 2.75) is 19.5 Å². The van der Waals surface area contributed by atoms with E-state index in [-0.39, 0.29) is 5.82 Å². The Balaban J connectivity index is 1.98. The van der Waals surface area contributed by atoms with Crippen LogP contribution >= 0.6 is 0 Å². The smallest absolute Gasteiger partial charge is 0.377 e. The molecule has 0 bridgehead atoms. The molecule has 1 aliphatic heterocycles. The molecule has 0 radical (unpaired) electrons. The van der Waals surface area contributed by atoms with Gasteiger partial charge < -0.3 is 9.26 Å². The van der Waals surface area contributed by atoms with Gasteiger partial charge in [-0.3, -0.25) is 4.98 Å². The fourth-order valence-corrected chi connectivity index (χ4v) is 2.21. The molecular weight excluding hydrogens is 299 g/mol. The van der Waals surface area contributed by atoms with Crippen LogP contribution in [0.5, 0.6) is 0 Å². The van der Waals surface area contributed by atoms with Gasteiger partial charge in [0.2, 0.25) is 5.82 Å². The van der Waals surface area contributed by atoms with Crippen molar-refractivity contribution >= 4 is 5.57 Å². The Morgan fingerprint density at radius 1 is 1.27 bits per heavy atom. The standard InChI is InChI=1S/C14H12F3N3O2/c1-8-11(9-2-4-21-5-3-9)6-10(7-18-8)12-19-13(22-20-12)14(15,16)17/h2,6-7H,3-5H2,1H3. The van der Waals surface area contributed by atoms with Crippen molar-refractivity contribution in [1.82, 2.24) is 15.1 Å². The monoisotopic (exact) mass is 311 g/mol. The van der Waals surface area contributed by atoms with Gasteiger partial charge in [-0.1, -0.05) is 11.2 Å². The van der Waals surface area contributed by atoms with Crippen LogP contribution in [-0.4, -0.2) is 28.3 Å². The summed E-state index contributed by atoms with van der Waals surface area (Å²) < 4.78 is 47.1. The van der Waals surface area contributed by atoms with Gasteiger partial charge in [0, 0.05) is 17.5 Å². The lowest BCUT2D eigenvalue weighted by Crippen LogP contribution is -2.06. The first-order chi connectivity index (χ1) is 10.4. The maximum atomic E-state index is 12.5. The van der Waals surface area contributed by atoms with Crippen LogP contribution in [0, 0.1) is 6.92 Å². The number of nitrogens with zero attached hydrogens (tertiary/aromatic N) is 3. The average molecular weight is 311 g/mol. The minimum Gasteiger partial charge on any atom is -0.377 e. The predicted octanol–water partition coefficient (Wildman–Crippen LogP) is 3.26. The van der Waals surface area contributed by atoms with Gasteiger partial charge in [0.25, 0.3) is 0 Å². The fraction of sp³-hybridized carbons (Fsp3) is 0.357. The molecule has 8 heteroatoms. The molecule has 0 atom stereocenters. The average Bonchev–Trinajstić information content (AvgIpc) is 2.99. The van der Waals surface area contributed by atoms with Gasteiger partial charge in [0.05, 0.1) is 13.2 Å². The SMILES string of the molecule is Cc1ncc(-c2noc(C(F)(F)F)n2)cc1C1=CCOCC1. The van der Waals surface area contributed by atoms with Gasteiger partial charge in [-0.05, 0) is 30.5 Å². The van der Waals surface area contributed by atoms with E-state index in [1.807, 2.05) is 13.0 Å². The summed E-state index contributed by atoms with van der Waals surface area (Å²) in [5.41, 5.74) is 3.08. The number of aryl methyl sites for hydroxylation is 1. The van der Waals surface area contributed by atoms with Crippen LogP contribution in [0.2, 0.25) is 0 Å². The van der Waals surface area contributed by atoms with Crippen LogP contribution in [0.15, 0.2) is 22.9 Å². The van der Waals surface area contributed by atoms with Crippen molar-refractivity contribution in [3.05, 3.63) is 35.5 Å². The van der Waals surface area contributed by atoms with Crippen molar-refractivity contribution in [3.8, 4) is 11.4 Å². The lowest BCUT2D eigenvalue weighted by molar-refractivity contribution is -0.159. The summed E-state index contributed by atoms with van der Waals surface area (Å²) in [5, 5.41) is 3.38. The van der Waals surface area contributed by atoms with Gasteiger partial charge in [-0.15, -0.1) is 0 Å². The van der Waals surface area contributed by atoms with Crippen molar-refractivity contribution in [2.24, 2.45) is 0 Å². The first-order valence-electron chi connectivity index (χ1n) is 6.60. The third kappa shape index (κ3) is 2.87. The van der Waals surface area contributed by atoms with E-state index >= 15 is 0 Å². The number of hydrogen-bond donors (Lipinski definition) is 0. The number of ether oxygens (including phenoxy) is 1. The van der Waals surface area contributed by atoms with Crippen molar-refractivity contribution < 1.29 is 22.4 Å². The number of halogens is 3. The minimum atomic E-state index is -4.66. The summed E-state index contributed by atoms with van der Waals surface area (Å²) in [6, 6.07) is 1.73. The fourth-order valence-electron chi connectivity index (χ4n) is 2.21. The highest BCUT2D eigenvalue weighted by Gasteiger charge is 2.38. The molecule has 0 unspecified atom stereocenters. The highest BCUT2D eigenvalue weighted by molar-refractivity contribution is 5.71. The quantitative estimate of drug-likeness (QED) is 0.852. The molecule has 0 saturated carbocycles. The maximum absolute atomic E-state index is 12.5. The van der Waals surface area contributed by atoms with Gasteiger partial charge in [0.1, 0.15) is 0 Å². The molecule has 0 fully saturated rings. The van der Waals surface area contributed by atoms with E-state index in [2.05, 4.69) is 19.6 Å². The molecule has 2 aromatic rings. The van der Waals surface area contributed by atoms with Crippen molar-refractivity contribution in [3.63, 3.8) is 0 Å². The van der Waals surface area contributed by atoms with E-state index in [1.165, 1.54) is 6.20 Å². The van der Waals surface area contributed by atoms with Gasteiger partial charge >= 0.3 is 12.1 Å². The van der Waals surface area contributed by atoms with Gasteiger partial charge in [-0.2, -0.15) is 18.2 Å². The normalized spacial score (nSPS) is 15.7. The Labute approximate surface area is 123 Å². The van der Waals surface area contributed by atoms with E-state index in [1.54, 1.807) is 6.07 Å². The molecule has 116 valence electrons. The Hall–Kier alpha value is -2.22. The molecular formula is C14H12F3N3O2. The third-order valence-corrected chi connectivity index (χ3v) is 3.32. The van der Waals surface area contributed by atoms with Crippen molar-refractivity contribution in [2.75, 3.05) is 13.2 Å². The highest BCUT2D eigenvalue weighted by atomic mass is 19.4. The molecule has 0 saturated heterocycles. The predicted molar refractivity (Wildman–Crippen MR) is 70.7 cm³/mol. The summed E-state index contributed by atoms with van der Waals surface area (Å²) in [6.07, 6.45) is -0.556. The number of pyridine rings is 1. The summed E-state index contributed by atoms with van der Waals surface area (Å²) >= 11 is 0. The maximum Gasteiger partial charge on any atom is 0.471 e. The number of hydrogen-bond acceptors (Lipinski definition) is 5. The molecule has 0 N–H and O–H groups in total. The molecule has 0 aromatic carbocycles. The van der Waals surface area contributed by atoms with E-state index < -0.39 is 12.1 Å². The Kier molecular flexibility index (Phi) is 3.69. The largest absolute Gasteiger partial charge is 0.471 e. The summed E-state index contributed by atoms with van der Waals surface area (Å²) in [4.78, 5) is 7.60. The van der Waals surface area contributed by atoms with Gasteiger partial charge in [0.15, 0.2) is 0 Å². The second kappa shape index (κ2) is 5.53. The Morgan fingerprint density at radius 3 is 2.73 bits per heavy atom. The summed E-state index contributed by atoms with van der Waals surface area (Å²) in [5.74, 6) is -1.50. The van der Waals surface area contributed by atoms with Crippen molar-refractivity contribution in [1.29, 1.82) is 0 Å². The minimum absolute atomic E-state index is 0.131. The third-order valence-electron chi connectivity index (χ3n) is 3.32. The van der Waals surface area contributed by atoms with Crippen LogP contribution in [-0.2, 0) is 10.9 Å². The van der Waals surface area contributed by atoms with E-state index in [9.17, 15) is 13.2 Å². The lowest BCUT2D eigenvalue weighted by atomic mass is 9.99. The van der Waals surface area contributed by atoms with Crippen LogP contribution in [0.25, 0.3) is 17.0 Å². The molecule has 0 aliphatic carbocycles. The Morgan fingerprint density at radius 2 is 2.09 bits per heavy atom. The number of alkyl halides is 3. The Bertz CT molecular complexity index is 722. The molecule has 3 rings (SSSR count). The lowest BCUT2D eigenvalue weighted by Gasteiger charge is -2.15. The van der Waals surface area contributed by atoms with Crippen LogP contribution < -0.4 is 0 Å². The van der Waals surface area contributed by atoms with Crippen LogP contribution in [0.3, 0.4) is 0 Å². The zero-order valence-electron chi connectivity index (χ0n) is 11.6. The molecule has 2 aromatic heterocycles. The zero-order chi connectivity index (χ0) is 15.7. The topological polar surface area (TPSA) is 61.0 Å².